The van der Waals surface area contributed by atoms with E-state index < -0.39 is 0 Å². The lowest BCUT2D eigenvalue weighted by Crippen LogP contribution is -2.44. The van der Waals surface area contributed by atoms with Crippen LogP contribution in [0.5, 0.6) is 5.75 Å². The van der Waals surface area contributed by atoms with Crippen LogP contribution in [-0.2, 0) is 9.59 Å². The van der Waals surface area contributed by atoms with Crippen molar-refractivity contribution in [1.82, 2.24) is 10.2 Å². The van der Waals surface area contributed by atoms with Gasteiger partial charge in [-0.05, 0) is 25.0 Å². The molecule has 21 heavy (non-hydrogen) atoms. The van der Waals surface area contributed by atoms with E-state index in [1.165, 1.54) is 0 Å². The summed E-state index contributed by atoms with van der Waals surface area (Å²) in [7, 11) is 0. The van der Waals surface area contributed by atoms with Crippen LogP contribution in [0.2, 0.25) is 0 Å². The Labute approximate surface area is 125 Å². The predicted octanol–water partition coefficient (Wildman–Crippen LogP) is 1.58. The molecule has 1 atom stereocenters. The van der Waals surface area contributed by atoms with Crippen LogP contribution in [-0.4, -0.2) is 42.5 Å². The molecule has 0 radical (unpaired) electrons. The van der Waals surface area contributed by atoms with Crippen molar-refractivity contribution in [1.29, 1.82) is 0 Å². The van der Waals surface area contributed by atoms with Gasteiger partial charge in [0.05, 0.1) is 6.61 Å². The molecule has 1 aliphatic heterocycles. The molecular formula is C16H22N2O3. The molecule has 1 heterocycles. The molecule has 114 valence electrons. The highest BCUT2D eigenvalue weighted by Crippen LogP contribution is 2.10. The molecule has 2 rings (SSSR count). The average Bonchev–Trinajstić information content (AvgIpc) is 2.65. The highest BCUT2D eigenvalue weighted by molar-refractivity contribution is 5.89. The summed E-state index contributed by atoms with van der Waals surface area (Å²) in [5.41, 5.74) is 0. The first kappa shape index (κ1) is 15.4. The Balaban J connectivity index is 1.78. The number of carbonyl (C=O) groups excluding carboxylic acids is 2. The first-order chi connectivity index (χ1) is 10.2. The summed E-state index contributed by atoms with van der Waals surface area (Å²) >= 11 is 0. The van der Waals surface area contributed by atoms with Gasteiger partial charge in [0.2, 0.25) is 11.8 Å². The number of nitrogens with zero attached hydrogens (tertiary/aromatic N) is 1. The fourth-order valence-corrected chi connectivity index (χ4v) is 2.36. The first-order valence-electron chi connectivity index (χ1n) is 7.46. The summed E-state index contributed by atoms with van der Waals surface area (Å²) in [4.78, 5) is 25.6. The van der Waals surface area contributed by atoms with E-state index in [-0.39, 0.29) is 17.9 Å². The normalized spacial score (nSPS) is 19.1. The fraction of sp³-hybridized carbons (Fsp3) is 0.500. The zero-order chi connectivity index (χ0) is 15.1. The lowest BCUT2D eigenvalue weighted by atomic mass is 10.2. The number of hydrogen-bond acceptors (Lipinski definition) is 3. The maximum Gasteiger partial charge on any atom is 0.245 e. The number of amides is 2. The largest absolute Gasteiger partial charge is 0.494 e. The van der Waals surface area contributed by atoms with E-state index in [4.69, 9.17) is 4.74 Å². The zero-order valence-corrected chi connectivity index (χ0v) is 12.4. The van der Waals surface area contributed by atoms with Crippen LogP contribution in [0.1, 0.15) is 26.2 Å². The van der Waals surface area contributed by atoms with Gasteiger partial charge in [0.1, 0.15) is 11.8 Å². The Kier molecular flexibility index (Phi) is 5.60. The van der Waals surface area contributed by atoms with Crippen LogP contribution >= 0.6 is 0 Å². The molecule has 1 unspecified atom stereocenters. The van der Waals surface area contributed by atoms with E-state index in [1.54, 1.807) is 4.90 Å². The van der Waals surface area contributed by atoms with Gasteiger partial charge in [-0.2, -0.15) is 0 Å². The van der Waals surface area contributed by atoms with Crippen molar-refractivity contribution in [2.24, 2.45) is 0 Å². The third-order valence-electron chi connectivity index (χ3n) is 3.55. The van der Waals surface area contributed by atoms with Crippen LogP contribution in [0.4, 0.5) is 0 Å². The quantitative estimate of drug-likeness (QED) is 0.809. The number of para-hydroxylation sites is 1. The third-order valence-corrected chi connectivity index (χ3v) is 3.55. The van der Waals surface area contributed by atoms with Gasteiger partial charge in [-0.25, -0.2) is 0 Å². The van der Waals surface area contributed by atoms with Crippen molar-refractivity contribution in [3.8, 4) is 5.75 Å². The summed E-state index contributed by atoms with van der Waals surface area (Å²) in [5, 5.41) is 2.76. The molecule has 0 aromatic heterocycles. The van der Waals surface area contributed by atoms with E-state index in [1.807, 2.05) is 37.3 Å². The van der Waals surface area contributed by atoms with Crippen molar-refractivity contribution >= 4 is 11.8 Å². The number of hydrogen-bond donors (Lipinski definition) is 1. The van der Waals surface area contributed by atoms with Crippen molar-refractivity contribution in [2.45, 2.75) is 32.2 Å². The molecule has 1 aliphatic rings. The molecule has 1 aromatic rings. The summed E-state index contributed by atoms with van der Waals surface area (Å²) in [6.45, 7) is 3.58. The van der Waals surface area contributed by atoms with Gasteiger partial charge < -0.3 is 15.0 Å². The second-order valence-electron chi connectivity index (χ2n) is 5.12. The van der Waals surface area contributed by atoms with Gasteiger partial charge in [-0.15, -0.1) is 0 Å². The van der Waals surface area contributed by atoms with E-state index in [9.17, 15) is 9.59 Å². The van der Waals surface area contributed by atoms with Crippen LogP contribution in [0.25, 0.3) is 0 Å². The lowest BCUT2D eigenvalue weighted by Gasteiger charge is -2.23. The molecule has 1 fully saturated rings. The maximum atomic E-state index is 12.3. The fourth-order valence-electron chi connectivity index (χ4n) is 2.36. The first-order valence-corrected chi connectivity index (χ1v) is 7.46. The standard InChI is InChI=1S/C16H22N2O3/c1-2-14-16(20)18(11-9-15(19)17-14)10-6-12-21-13-7-4-3-5-8-13/h3-5,7-8,14H,2,6,9-12H2,1H3,(H,17,19). The summed E-state index contributed by atoms with van der Waals surface area (Å²) in [6.07, 6.45) is 1.76. The molecule has 5 heteroatoms. The van der Waals surface area contributed by atoms with Crippen molar-refractivity contribution < 1.29 is 14.3 Å². The number of benzene rings is 1. The molecule has 0 aliphatic carbocycles. The van der Waals surface area contributed by atoms with E-state index >= 15 is 0 Å². The van der Waals surface area contributed by atoms with Crippen LogP contribution in [0.3, 0.4) is 0 Å². The van der Waals surface area contributed by atoms with Gasteiger partial charge in [0.25, 0.3) is 0 Å². The van der Waals surface area contributed by atoms with E-state index in [0.29, 0.717) is 32.5 Å². The Bertz CT molecular complexity index is 476. The minimum absolute atomic E-state index is 0.0167. The molecule has 2 amide bonds. The van der Waals surface area contributed by atoms with Crippen molar-refractivity contribution in [3.05, 3.63) is 30.3 Å². The number of nitrogens with one attached hydrogen (secondary N) is 1. The van der Waals surface area contributed by atoms with Crippen molar-refractivity contribution in [2.75, 3.05) is 19.7 Å². The lowest BCUT2D eigenvalue weighted by molar-refractivity contribution is -0.133. The van der Waals surface area contributed by atoms with Gasteiger partial charge >= 0.3 is 0 Å². The van der Waals surface area contributed by atoms with Gasteiger partial charge in [-0.1, -0.05) is 25.1 Å². The molecule has 0 spiro atoms. The smallest absolute Gasteiger partial charge is 0.245 e. The van der Waals surface area contributed by atoms with Crippen LogP contribution in [0, 0.1) is 0 Å². The zero-order valence-electron chi connectivity index (χ0n) is 12.4. The Morgan fingerprint density at radius 2 is 2.05 bits per heavy atom. The third kappa shape index (κ3) is 4.48. The minimum atomic E-state index is -0.380. The SMILES string of the molecule is CCC1NC(=O)CCN(CCCOc2ccccc2)C1=O. The molecule has 5 nitrogen and oxygen atoms in total. The highest BCUT2D eigenvalue weighted by atomic mass is 16.5. The second-order valence-corrected chi connectivity index (χ2v) is 5.12. The maximum absolute atomic E-state index is 12.3. The number of rotatable bonds is 6. The van der Waals surface area contributed by atoms with Crippen LogP contribution < -0.4 is 10.1 Å². The van der Waals surface area contributed by atoms with Crippen molar-refractivity contribution in [3.63, 3.8) is 0 Å². The second kappa shape index (κ2) is 7.67. The molecule has 0 bridgehead atoms. The Morgan fingerprint density at radius 1 is 1.29 bits per heavy atom. The van der Waals surface area contributed by atoms with Gasteiger partial charge in [0.15, 0.2) is 0 Å². The molecular weight excluding hydrogens is 268 g/mol. The van der Waals surface area contributed by atoms with Gasteiger partial charge in [-0.3, -0.25) is 9.59 Å². The Morgan fingerprint density at radius 3 is 2.76 bits per heavy atom. The molecule has 1 aromatic carbocycles. The van der Waals surface area contributed by atoms with E-state index in [2.05, 4.69) is 5.32 Å². The molecule has 1 saturated heterocycles. The summed E-state index contributed by atoms with van der Waals surface area (Å²) in [5.74, 6) is 0.810. The predicted molar refractivity (Wildman–Crippen MR) is 80.0 cm³/mol. The minimum Gasteiger partial charge on any atom is -0.494 e. The average molecular weight is 290 g/mol. The van der Waals surface area contributed by atoms with Gasteiger partial charge in [0, 0.05) is 19.5 Å². The van der Waals surface area contributed by atoms with Crippen LogP contribution in [0.15, 0.2) is 30.3 Å². The molecule has 1 N–H and O–H groups in total. The van der Waals surface area contributed by atoms with E-state index in [0.717, 1.165) is 12.2 Å². The molecule has 0 saturated carbocycles. The topological polar surface area (TPSA) is 58.6 Å². The highest BCUT2D eigenvalue weighted by Gasteiger charge is 2.27. The monoisotopic (exact) mass is 290 g/mol. The Hall–Kier alpha value is -2.04. The summed E-state index contributed by atoms with van der Waals surface area (Å²) in [6, 6.07) is 9.24. The number of ether oxygens (including phenoxy) is 1. The summed E-state index contributed by atoms with van der Waals surface area (Å²) < 4.78 is 5.62. The number of carbonyl (C=O) groups is 2.